The van der Waals surface area contributed by atoms with Crippen molar-refractivity contribution in [2.45, 2.75) is 20.8 Å². The normalized spacial score (nSPS) is 12.0. The second kappa shape index (κ2) is 7.48. The van der Waals surface area contributed by atoms with Crippen molar-refractivity contribution < 1.29 is 22.8 Å². The van der Waals surface area contributed by atoms with Crippen molar-refractivity contribution >= 4 is 19.5 Å². The Balaban J connectivity index is 3.06. The van der Waals surface area contributed by atoms with Gasteiger partial charge in [0.15, 0.2) is 5.78 Å². The van der Waals surface area contributed by atoms with E-state index in [0.717, 1.165) is 0 Å². The van der Waals surface area contributed by atoms with Crippen LogP contribution in [0.3, 0.4) is 0 Å². The number of Topliss-reactive ketones (excluding diaryl/α,β-unsaturated/α-hetero) is 1. The summed E-state index contributed by atoms with van der Waals surface area (Å²) < 4.78 is 36.0. The minimum absolute atomic E-state index is 0.164. The van der Waals surface area contributed by atoms with Crippen LogP contribution in [-0.2, 0) is 13.6 Å². The third-order valence-electron chi connectivity index (χ3n) is 2.46. The first kappa shape index (κ1) is 16.8. The monoisotopic (exact) mass is 300 g/mol. The highest BCUT2D eigenvalue weighted by Crippen LogP contribution is 2.50. The van der Waals surface area contributed by atoms with Crippen molar-refractivity contribution in [3.05, 3.63) is 41.0 Å². The number of carbonyl (C=O) groups excluding carboxylic acids is 1. The van der Waals surface area contributed by atoms with Crippen molar-refractivity contribution in [2.75, 3.05) is 13.2 Å². The molecule has 0 aliphatic rings. The number of carbonyl (C=O) groups is 1. The summed E-state index contributed by atoms with van der Waals surface area (Å²) in [4.78, 5) is 11.3. The fourth-order valence-electron chi connectivity index (χ4n) is 1.55. The van der Waals surface area contributed by atoms with Gasteiger partial charge in [0.2, 0.25) is 0 Å². The van der Waals surface area contributed by atoms with Gasteiger partial charge in [0.05, 0.1) is 13.2 Å². The van der Waals surface area contributed by atoms with Crippen molar-refractivity contribution in [3.8, 4) is 0 Å². The first-order chi connectivity index (χ1) is 9.41. The predicted octanol–water partition coefficient (Wildman–Crippen LogP) is 4.27. The number of halogens is 1. The fraction of sp³-hybridized carbons (Fsp3) is 0.357. The molecule has 0 N–H and O–H groups in total. The number of hydrogen-bond donors (Lipinski definition) is 0. The molecule has 0 radical (unpaired) electrons. The van der Waals surface area contributed by atoms with E-state index in [0.29, 0.717) is 5.56 Å². The Morgan fingerprint density at radius 3 is 2.40 bits per heavy atom. The zero-order chi connectivity index (χ0) is 15.2. The maximum absolute atomic E-state index is 13.6. The number of benzene rings is 1. The van der Waals surface area contributed by atoms with Crippen molar-refractivity contribution in [1.82, 2.24) is 0 Å². The lowest BCUT2D eigenvalue weighted by molar-refractivity contribution is 0.101. The standard InChI is InChI=1S/C14H18FO4P/c1-4-18-20(17,19-5-2)9-8-13-10-12(11(3)16)6-7-14(13)15/h6-10H,4-5H2,1-3H3/b9-8+. The van der Waals surface area contributed by atoms with Crippen LogP contribution < -0.4 is 0 Å². The minimum Gasteiger partial charge on any atom is -0.306 e. The molecular weight excluding hydrogens is 282 g/mol. The van der Waals surface area contributed by atoms with Crippen LogP contribution >= 0.6 is 7.60 Å². The van der Waals surface area contributed by atoms with Gasteiger partial charge >= 0.3 is 7.60 Å². The Hall–Kier alpha value is -1.29. The highest BCUT2D eigenvalue weighted by Gasteiger charge is 2.19. The first-order valence-electron chi connectivity index (χ1n) is 6.30. The van der Waals surface area contributed by atoms with E-state index in [4.69, 9.17) is 9.05 Å². The van der Waals surface area contributed by atoms with Crippen molar-refractivity contribution in [3.63, 3.8) is 0 Å². The first-order valence-corrected chi connectivity index (χ1v) is 7.91. The molecule has 6 heteroatoms. The smallest absolute Gasteiger partial charge is 0.306 e. The molecular formula is C14H18FO4P. The van der Waals surface area contributed by atoms with Crippen LogP contribution in [0.1, 0.15) is 36.7 Å². The van der Waals surface area contributed by atoms with Gasteiger partial charge in [0.25, 0.3) is 0 Å². The van der Waals surface area contributed by atoms with Gasteiger partial charge in [-0.2, -0.15) is 0 Å². The van der Waals surface area contributed by atoms with Crippen LogP contribution in [-0.4, -0.2) is 19.0 Å². The summed E-state index contributed by atoms with van der Waals surface area (Å²) in [6.07, 6.45) is 1.31. The van der Waals surface area contributed by atoms with Gasteiger partial charge in [0, 0.05) is 16.9 Å². The lowest BCUT2D eigenvalue weighted by atomic mass is 10.1. The molecule has 110 valence electrons. The van der Waals surface area contributed by atoms with Crippen LogP contribution in [0.4, 0.5) is 4.39 Å². The molecule has 0 unspecified atom stereocenters. The number of ketones is 1. The van der Waals surface area contributed by atoms with Crippen molar-refractivity contribution in [2.24, 2.45) is 0 Å². The Morgan fingerprint density at radius 2 is 1.90 bits per heavy atom. The van der Waals surface area contributed by atoms with E-state index in [1.165, 1.54) is 37.0 Å². The Morgan fingerprint density at radius 1 is 1.30 bits per heavy atom. The fourth-order valence-corrected chi connectivity index (χ4v) is 2.85. The van der Waals surface area contributed by atoms with Crippen molar-refractivity contribution in [1.29, 1.82) is 0 Å². The average Bonchev–Trinajstić information content (AvgIpc) is 2.38. The quantitative estimate of drug-likeness (QED) is 0.557. The highest BCUT2D eigenvalue weighted by atomic mass is 31.2. The summed E-state index contributed by atoms with van der Waals surface area (Å²) in [6.45, 7) is 5.22. The molecule has 0 aliphatic heterocycles. The second-order valence-electron chi connectivity index (χ2n) is 3.98. The second-order valence-corrected chi connectivity index (χ2v) is 5.88. The summed E-state index contributed by atoms with van der Waals surface area (Å²) in [6, 6.07) is 4.00. The van der Waals surface area contributed by atoms with E-state index >= 15 is 0 Å². The summed E-state index contributed by atoms with van der Waals surface area (Å²) in [5.41, 5.74) is 0.547. The molecule has 0 saturated carbocycles. The van der Waals surface area contributed by atoms with Gasteiger partial charge < -0.3 is 9.05 Å². The maximum atomic E-state index is 13.6. The van der Waals surface area contributed by atoms with Crippen LogP contribution in [0.2, 0.25) is 0 Å². The molecule has 0 spiro atoms. The molecule has 0 aromatic heterocycles. The topological polar surface area (TPSA) is 52.6 Å². The molecule has 0 bridgehead atoms. The molecule has 1 aromatic carbocycles. The Labute approximate surface area is 118 Å². The summed E-state index contributed by atoms with van der Waals surface area (Å²) in [5, 5.41) is 0. The molecule has 0 heterocycles. The number of hydrogen-bond acceptors (Lipinski definition) is 4. The lowest BCUT2D eigenvalue weighted by Gasteiger charge is -2.12. The molecule has 0 saturated heterocycles. The Kier molecular flexibility index (Phi) is 6.27. The van der Waals surface area contributed by atoms with Gasteiger partial charge in [0.1, 0.15) is 5.82 Å². The molecule has 1 rings (SSSR count). The van der Waals surface area contributed by atoms with Crippen LogP contribution in [0.15, 0.2) is 24.0 Å². The largest absolute Gasteiger partial charge is 0.354 e. The molecule has 4 nitrogen and oxygen atoms in total. The van der Waals surface area contributed by atoms with E-state index in [1.807, 2.05) is 0 Å². The molecule has 0 atom stereocenters. The predicted molar refractivity (Wildman–Crippen MR) is 76.3 cm³/mol. The van der Waals surface area contributed by atoms with Gasteiger partial charge in [-0.15, -0.1) is 0 Å². The van der Waals surface area contributed by atoms with Gasteiger partial charge in [-0.1, -0.05) is 0 Å². The molecule has 1 aromatic rings. The van der Waals surface area contributed by atoms with E-state index in [-0.39, 0.29) is 24.6 Å². The van der Waals surface area contributed by atoms with E-state index < -0.39 is 13.4 Å². The lowest BCUT2D eigenvalue weighted by Crippen LogP contribution is -1.95. The SMILES string of the molecule is CCOP(=O)(/C=C/c1cc(C(C)=O)ccc1F)OCC. The zero-order valence-electron chi connectivity index (χ0n) is 11.8. The third kappa shape index (κ3) is 4.67. The summed E-state index contributed by atoms with van der Waals surface area (Å²) in [5.74, 6) is 0.533. The average molecular weight is 300 g/mol. The van der Waals surface area contributed by atoms with Crippen LogP contribution in [0.25, 0.3) is 6.08 Å². The van der Waals surface area contributed by atoms with E-state index in [9.17, 15) is 13.8 Å². The zero-order valence-corrected chi connectivity index (χ0v) is 12.7. The van der Waals surface area contributed by atoms with E-state index in [2.05, 4.69) is 0 Å². The maximum Gasteiger partial charge on any atom is 0.354 e. The number of rotatable bonds is 7. The highest BCUT2D eigenvalue weighted by molar-refractivity contribution is 7.57. The molecule has 0 amide bonds. The minimum atomic E-state index is -3.38. The molecule has 0 fully saturated rings. The Bertz CT molecular complexity index is 544. The van der Waals surface area contributed by atoms with Crippen LogP contribution in [0, 0.1) is 5.82 Å². The molecule has 20 heavy (non-hydrogen) atoms. The summed E-state index contributed by atoms with van der Waals surface area (Å²) in [7, 11) is -3.38. The molecule has 0 aliphatic carbocycles. The summed E-state index contributed by atoms with van der Waals surface area (Å²) >= 11 is 0. The van der Waals surface area contributed by atoms with E-state index in [1.54, 1.807) is 13.8 Å². The van der Waals surface area contributed by atoms with Gasteiger partial charge in [-0.25, -0.2) is 4.39 Å². The third-order valence-corrected chi connectivity index (χ3v) is 4.21. The van der Waals surface area contributed by atoms with Gasteiger partial charge in [-0.3, -0.25) is 9.36 Å². The van der Waals surface area contributed by atoms with Crippen LogP contribution in [0.5, 0.6) is 0 Å². The van der Waals surface area contributed by atoms with Gasteiger partial charge in [-0.05, 0) is 45.0 Å².